The molecule has 15 heavy (non-hydrogen) atoms. The topological polar surface area (TPSA) is 0 Å². The van der Waals surface area contributed by atoms with Crippen LogP contribution in [0, 0.1) is 5.82 Å². The third kappa shape index (κ3) is 3.32. The van der Waals surface area contributed by atoms with E-state index in [9.17, 15) is 4.39 Å². The quantitative estimate of drug-likeness (QED) is 0.687. The summed E-state index contributed by atoms with van der Waals surface area (Å²) < 4.78 is 14.0. The highest BCUT2D eigenvalue weighted by Crippen LogP contribution is 2.26. The van der Waals surface area contributed by atoms with Crippen molar-refractivity contribution in [2.75, 3.05) is 5.88 Å². The van der Waals surface area contributed by atoms with Crippen LogP contribution in [0.15, 0.2) is 28.2 Å². The van der Waals surface area contributed by atoms with E-state index in [-0.39, 0.29) is 5.82 Å². The standard InChI is InChI=1S/C12H13BrClF/c1-3-12(8(2)7-14)9-4-10(13)6-11(15)5-9/h4-6H,3,7H2,1-2H3/b12-8-. The van der Waals surface area contributed by atoms with Gasteiger partial charge in [-0.05, 0) is 42.7 Å². The molecule has 0 radical (unpaired) electrons. The first-order valence-electron chi connectivity index (χ1n) is 4.79. The van der Waals surface area contributed by atoms with Gasteiger partial charge in [-0.2, -0.15) is 0 Å². The average Bonchev–Trinajstić information content (AvgIpc) is 2.17. The van der Waals surface area contributed by atoms with Gasteiger partial charge < -0.3 is 0 Å². The second kappa shape index (κ2) is 5.66. The Morgan fingerprint density at radius 1 is 1.40 bits per heavy atom. The lowest BCUT2D eigenvalue weighted by atomic mass is 9.99. The van der Waals surface area contributed by atoms with E-state index in [1.165, 1.54) is 6.07 Å². The molecule has 0 bridgehead atoms. The molecule has 0 aliphatic carbocycles. The SMILES string of the molecule is CC/C(=C(\C)CCl)c1cc(F)cc(Br)c1. The summed E-state index contributed by atoms with van der Waals surface area (Å²) in [6, 6.07) is 4.91. The Kier molecular flexibility index (Phi) is 4.81. The van der Waals surface area contributed by atoms with E-state index >= 15 is 0 Å². The maximum absolute atomic E-state index is 13.2. The molecule has 0 spiro atoms. The molecular weight excluding hydrogens is 278 g/mol. The molecule has 0 N–H and O–H groups in total. The fourth-order valence-electron chi connectivity index (χ4n) is 1.56. The summed E-state index contributed by atoms with van der Waals surface area (Å²) in [7, 11) is 0. The van der Waals surface area contributed by atoms with Crippen molar-refractivity contribution < 1.29 is 4.39 Å². The number of halogens is 3. The van der Waals surface area contributed by atoms with Gasteiger partial charge in [0, 0.05) is 10.4 Å². The number of allylic oxidation sites excluding steroid dienone is 2. The van der Waals surface area contributed by atoms with E-state index in [0.29, 0.717) is 5.88 Å². The summed E-state index contributed by atoms with van der Waals surface area (Å²) in [5, 5.41) is 0. The average molecular weight is 292 g/mol. The van der Waals surface area contributed by atoms with Gasteiger partial charge in [-0.15, -0.1) is 11.6 Å². The second-order valence-corrected chi connectivity index (χ2v) is 4.59. The van der Waals surface area contributed by atoms with Crippen molar-refractivity contribution in [2.24, 2.45) is 0 Å². The van der Waals surface area contributed by atoms with Crippen LogP contribution in [-0.2, 0) is 0 Å². The molecule has 0 atom stereocenters. The van der Waals surface area contributed by atoms with E-state index in [0.717, 1.165) is 27.6 Å². The van der Waals surface area contributed by atoms with Crippen molar-refractivity contribution >= 4 is 33.1 Å². The van der Waals surface area contributed by atoms with Gasteiger partial charge in [0.25, 0.3) is 0 Å². The van der Waals surface area contributed by atoms with Crippen molar-refractivity contribution in [3.05, 3.63) is 39.6 Å². The zero-order chi connectivity index (χ0) is 11.4. The van der Waals surface area contributed by atoms with Gasteiger partial charge >= 0.3 is 0 Å². The summed E-state index contributed by atoms with van der Waals surface area (Å²) >= 11 is 9.08. The third-order valence-electron chi connectivity index (χ3n) is 2.28. The van der Waals surface area contributed by atoms with Gasteiger partial charge in [0.15, 0.2) is 0 Å². The first-order chi connectivity index (χ1) is 7.08. The van der Waals surface area contributed by atoms with Crippen LogP contribution >= 0.6 is 27.5 Å². The lowest BCUT2D eigenvalue weighted by molar-refractivity contribution is 0.626. The fraction of sp³-hybridized carbons (Fsp3) is 0.333. The summed E-state index contributed by atoms with van der Waals surface area (Å²) in [6.07, 6.45) is 0.856. The Morgan fingerprint density at radius 2 is 2.07 bits per heavy atom. The van der Waals surface area contributed by atoms with Gasteiger partial charge in [-0.1, -0.05) is 28.4 Å². The first kappa shape index (κ1) is 12.7. The summed E-state index contributed by atoms with van der Waals surface area (Å²) in [5.74, 6) is 0.254. The number of hydrogen-bond acceptors (Lipinski definition) is 0. The highest BCUT2D eigenvalue weighted by Gasteiger charge is 2.06. The van der Waals surface area contributed by atoms with Crippen molar-refractivity contribution in [3.63, 3.8) is 0 Å². The third-order valence-corrected chi connectivity index (χ3v) is 3.14. The highest BCUT2D eigenvalue weighted by atomic mass is 79.9. The fourth-order valence-corrected chi connectivity index (χ4v) is 2.19. The van der Waals surface area contributed by atoms with E-state index in [2.05, 4.69) is 15.9 Å². The molecular formula is C12H13BrClF. The zero-order valence-electron chi connectivity index (χ0n) is 8.78. The Morgan fingerprint density at radius 3 is 2.53 bits per heavy atom. The molecule has 0 nitrogen and oxygen atoms in total. The molecule has 3 heteroatoms. The molecule has 1 aromatic carbocycles. The predicted molar refractivity (Wildman–Crippen MR) is 67.7 cm³/mol. The molecule has 0 saturated carbocycles. The van der Waals surface area contributed by atoms with Gasteiger partial charge in [0.05, 0.1) is 0 Å². The van der Waals surface area contributed by atoms with Crippen LogP contribution in [0.25, 0.3) is 5.57 Å². The maximum atomic E-state index is 13.2. The molecule has 0 aliphatic heterocycles. The van der Waals surface area contributed by atoms with E-state index in [1.54, 1.807) is 6.07 Å². The molecule has 0 saturated heterocycles. The Hall–Kier alpha value is -0.340. The number of rotatable bonds is 3. The molecule has 0 heterocycles. The van der Waals surface area contributed by atoms with Gasteiger partial charge in [-0.25, -0.2) is 4.39 Å². The van der Waals surface area contributed by atoms with Gasteiger partial charge in [0.2, 0.25) is 0 Å². The first-order valence-corrected chi connectivity index (χ1v) is 6.12. The molecule has 0 aliphatic rings. The number of hydrogen-bond donors (Lipinski definition) is 0. The molecule has 82 valence electrons. The van der Waals surface area contributed by atoms with Crippen LogP contribution < -0.4 is 0 Å². The summed E-state index contributed by atoms with van der Waals surface area (Å²) in [4.78, 5) is 0. The van der Waals surface area contributed by atoms with E-state index in [1.807, 2.05) is 19.9 Å². The van der Waals surface area contributed by atoms with Crippen molar-refractivity contribution in [2.45, 2.75) is 20.3 Å². The van der Waals surface area contributed by atoms with Crippen LogP contribution in [0.2, 0.25) is 0 Å². The molecule has 0 unspecified atom stereocenters. The highest BCUT2D eigenvalue weighted by molar-refractivity contribution is 9.10. The normalized spacial score (nSPS) is 12.6. The minimum absolute atomic E-state index is 0.229. The van der Waals surface area contributed by atoms with Crippen LogP contribution in [0.3, 0.4) is 0 Å². The lowest BCUT2D eigenvalue weighted by Crippen LogP contribution is -1.91. The van der Waals surface area contributed by atoms with Gasteiger partial charge in [-0.3, -0.25) is 0 Å². The van der Waals surface area contributed by atoms with Crippen LogP contribution in [-0.4, -0.2) is 5.88 Å². The minimum Gasteiger partial charge on any atom is -0.207 e. The zero-order valence-corrected chi connectivity index (χ0v) is 11.1. The number of alkyl halides is 1. The second-order valence-electron chi connectivity index (χ2n) is 3.40. The molecule has 0 amide bonds. The largest absolute Gasteiger partial charge is 0.207 e. The van der Waals surface area contributed by atoms with E-state index in [4.69, 9.17) is 11.6 Å². The molecule has 1 rings (SSSR count). The predicted octanol–water partition coefficient (Wildman–Crippen LogP) is 5.01. The number of benzene rings is 1. The summed E-state index contributed by atoms with van der Waals surface area (Å²) in [6.45, 7) is 4.02. The van der Waals surface area contributed by atoms with Crippen LogP contribution in [0.5, 0.6) is 0 Å². The van der Waals surface area contributed by atoms with Gasteiger partial charge in [0.1, 0.15) is 5.82 Å². The Labute approximate surface area is 103 Å². The Balaban J connectivity index is 3.24. The molecule has 0 aromatic heterocycles. The Bertz CT molecular complexity index is 365. The smallest absolute Gasteiger partial charge is 0.124 e. The van der Waals surface area contributed by atoms with E-state index < -0.39 is 0 Å². The maximum Gasteiger partial charge on any atom is 0.124 e. The van der Waals surface area contributed by atoms with Crippen LogP contribution in [0.4, 0.5) is 4.39 Å². The van der Waals surface area contributed by atoms with Crippen molar-refractivity contribution in [1.82, 2.24) is 0 Å². The van der Waals surface area contributed by atoms with Crippen molar-refractivity contribution in [1.29, 1.82) is 0 Å². The molecule has 1 aromatic rings. The van der Waals surface area contributed by atoms with Crippen molar-refractivity contribution in [3.8, 4) is 0 Å². The summed E-state index contributed by atoms with van der Waals surface area (Å²) in [5.41, 5.74) is 3.12. The monoisotopic (exact) mass is 290 g/mol. The minimum atomic E-state index is -0.229. The van der Waals surface area contributed by atoms with Crippen LogP contribution in [0.1, 0.15) is 25.8 Å². The molecule has 0 fully saturated rings. The lowest BCUT2D eigenvalue weighted by Gasteiger charge is -2.09.